The van der Waals surface area contributed by atoms with Gasteiger partial charge in [-0.15, -0.1) is 0 Å². The average Bonchev–Trinajstić information content (AvgIpc) is 1.60. The Bertz CT molecular complexity index is 35.8. The van der Waals surface area contributed by atoms with Crippen LogP contribution in [0.3, 0.4) is 0 Å². The molecule has 0 spiro atoms. The molecule has 0 bridgehead atoms. The Kier molecular flexibility index (Phi) is 27.4. The van der Waals surface area contributed by atoms with Gasteiger partial charge in [0.15, 0.2) is 0 Å². The molecule has 0 amide bonds. The van der Waals surface area contributed by atoms with Gasteiger partial charge in [0.1, 0.15) is 0 Å². The van der Waals surface area contributed by atoms with Crippen molar-refractivity contribution in [2.45, 2.75) is 49.7 Å². The van der Waals surface area contributed by atoms with Crippen molar-refractivity contribution in [2.24, 2.45) is 11.5 Å². The maximum atomic E-state index is 5.11. The van der Waals surface area contributed by atoms with Crippen molar-refractivity contribution in [2.75, 3.05) is 0 Å². The third-order valence-electron chi connectivity index (χ3n) is 0. The second kappa shape index (κ2) is 17.0. The Labute approximate surface area is 82.3 Å². The van der Waals surface area contributed by atoms with Gasteiger partial charge in [0.25, 0.3) is 0 Å². The molecular formula is C8H24N2Sn. The Morgan fingerprint density at radius 2 is 0.818 bits per heavy atom. The third kappa shape index (κ3) is 1580. The molecule has 3 heteroatoms. The maximum absolute atomic E-state index is 5.11. The van der Waals surface area contributed by atoms with Gasteiger partial charge in [0, 0.05) is 0 Å². The summed E-state index contributed by atoms with van der Waals surface area (Å²) in [5.41, 5.74) is 10.2. The number of hydrogen-bond donors (Lipinski definition) is 2. The molecule has 0 rings (SSSR count). The zero-order valence-corrected chi connectivity index (χ0v) is 11.7. The van der Waals surface area contributed by atoms with E-state index in [9.17, 15) is 0 Å². The molecule has 0 aliphatic heterocycles. The molecule has 2 radical (unpaired) electrons. The first-order chi connectivity index (χ1) is 4.88. The second-order valence-electron chi connectivity index (χ2n) is 2.99. The molecule has 0 saturated carbocycles. The number of nitrogens with two attached hydrogens (primary N) is 2. The molecule has 4 N–H and O–H groups in total. The molecule has 0 fully saturated rings. The average molecular weight is 267 g/mol. The van der Waals surface area contributed by atoms with Crippen molar-refractivity contribution in [3.8, 4) is 0 Å². The van der Waals surface area contributed by atoms with Crippen molar-refractivity contribution < 1.29 is 0 Å². The summed E-state index contributed by atoms with van der Waals surface area (Å²) in [5.74, 6) is 0. The molecule has 0 aromatic heterocycles. The van der Waals surface area contributed by atoms with E-state index < -0.39 is 0 Å². The Hall–Kier alpha value is 0.719. The van der Waals surface area contributed by atoms with E-state index in [0.29, 0.717) is 12.1 Å². The Balaban J connectivity index is -0.0000000886. The van der Waals surface area contributed by atoms with Crippen LogP contribution >= 0.6 is 0 Å². The molecule has 11 heavy (non-hydrogen) atoms. The van der Waals surface area contributed by atoms with Crippen molar-refractivity contribution >= 4 is 21.1 Å². The van der Waals surface area contributed by atoms with Crippen LogP contribution in [0.15, 0.2) is 0 Å². The first-order valence-electron chi connectivity index (χ1n) is 3.98. The van der Waals surface area contributed by atoms with Crippen LogP contribution in [0, 0.1) is 0 Å². The second-order valence-corrected chi connectivity index (χ2v) is 5.84. The molecule has 0 heterocycles. The number of rotatable bonds is 0. The standard InChI is InChI=1S/2C3H9N.2CH3.Sn/c2*1-3(2)4;;;/h2*3H,4H2,1-2H3;2*1H3;. The first-order valence-corrected chi connectivity index (χ1v) is 9.68. The predicted molar refractivity (Wildman–Crippen MR) is 56.1 cm³/mol. The van der Waals surface area contributed by atoms with Crippen LogP contribution < -0.4 is 11.5 Å². The van der Waals surface area contributed by atoms with E-state index in [1.165, 1.54) is 0 Å². The van der Waals surface area contributed by atoms with E-state index in [0.717, 1.165) is 0 Å². The van der Waals surface area contributed by atoms with Gasteiger partial charge in [-0.05, 0) is 12.1 Å². The molecule has 0 aromatic carbocycles. The Morgan fingerprint density at radius 3 is 0.818 bits per heavy atom. The van der Waals surface area contributed by atoms with Gasteiger partial charge >= 0.3 is 31.0 Å². The molecule has 0 aliphatic rings. The summed E-state index contributed by atoms with van der Waals surface area (Å²) in [6.45, 7) is 7.78. The zero-order chi connectivity index (χ0) is 9.86. The summed E-state index contributed by atoms with van der Waals surface area (Å²) >= 11 is 0.230. The normalized spacial score (nSPS) is 8.18. The van der Waals surface area contributed by atoms with Crippen LogP contribution in [0.1, 0.15) is 27.7 Å². The molecule has 2 nitrogen and oxygen atoms in total. The summed E-state index contributed by atoms with van der Waals surface area (Å²) in [7, 11) is 0. The monoisotopic (exact) mass is 268 g/mol. The van der Waals surface area contributed by atoms with Crippen LogP contribution in [-0.2, 0) is 0 Å². The van der Waals surface area contributed by atoms with Crippen molar-refractivity contribution in [3.63, 3.8) is 0 Å². The fourth-order valence-electron chi connectivity index (χ4n) is 0. The molecule has 0 saturated heterocycles. The van der Waals surface area contributed by atoms with Crippen molar-refractivity contribution in [1.82, 2.24) is 0 Å². The number of hydrogen-bond acceptors (Lipinski definition) is 2. The van der Waals surface area contributed by atoms with Crippen molar-refractivity contribution in [1.29, 1.82) is 0 Å². The Morgan fingerprint density at radius 1 is 0.818 bits per heavy atom. The van der Waals surface area contributed by atoms with Gasteiger partial charge in [-0.1, -0.05) is 27.7 Å². The summed E-state index contributed by atoms with van der Waals surface area (Å²) < 4.78 is 0. The van der Waals surface area contributed by atoms with E-state index in [1.54, 1.807) is 0 Å². The minimum absolute atomic E-state index is 0.230. The van der Waals surface area contributed by atoms with Gasteiger partial charge in [-0.3, -0.25) is 0 Å². The van der Waals surface area contributed by atoms with Crippen LogP contribution in [0.25, 0.3) is 0 Å². The van der Waals surface area contributed by atoms with Gasteiger partial charge in [-0.2, -0.15) is 0 Å². The summed E-state index contributed by atoms with van der Waals surface area (Å²) in [6.07, 6.45) is 0. The van der Waals surface area contributed by atoms with Crippen molar-refractivity contribution in [3.05, 3.63) is 0 Å². The van der Waals surface area contributed by atoms with E-state index in [4.69, 9.17) is 11.5 Å². The zero-order valence-electron chi connectivity index (χ0n) is 8.81. The fourth-order valence-corrected chi connectivity index (χ4v) is 0. The summed E-state index contributed by atoms with van der Waals surface area (Å²) in [5, 5.41) is 0. The van der Waals surface area contributed by atoms with Gasteiger partial charge in [0.05, 0.1) is 0 Å². The third-order valence-corrected chi connectivity index (χ3v) is 0. The molecule has 0 aromatic rings. The quantitative estimate of drug-likeness (QED) is 0.653. The van der Waals surface area contributed by atoms with Gasteiger partial charge in [-0.25, -0.2) is 0 Å². The van der Waals surface area contributed by atoms with E-state index >= 15 is 0 Å². The van der Waals surface area contributed by atoms with Crippen LogP contribution in [0.5, 0.6) is 0 Å². The summed E-state index contributed by atoms with van der Waals surface area (Å²) in [4.78, 5) is 4.59. The van der Waals surface area contributed by atoms with Crippen LogP contribution in [0.4, 0.5) is 0 Å². The summed E-state index contributed by atoms with van der Waals surface area (Å²) in [6, 6.07) is 0.667. The SMILES string of the molecule is CC(C)N.CC(C)N.[CH3][Sn][CH3]. The fraction of sp³-hybridized carbons (Fsp3) is 1.00. The predicted octanol–water partition coefficient (Wildman–Crippen LogP) is 1.49. The topological polar surface area (TPSA) is 52.0 Å². The van der Waals surface area contributed by atoms with E-state index in [1.807, 2.05) is 27.7 Å². The van der Waals surface area contributed by atoms with E-state index in [2.05, 4.69) is 9.88 Å². The molecule has 70 valence electrons. The molecule has 0 atom stereocenters. The molecule has 0 unspecified atom stereocenters. The molecular weight excluding hydrogens is 243 g/mol. The minimum atomic E-state index is 0.230. The van der Waals surface area contributed by atoms with Gasteiger partial charge in [0.2, 0.25) is 0 Å². The first kappa shape index (κ1) is 17.7. The van der Waals surface area contributed by atoms with Crippen LogP contribution in [-0.4, -0.2) is 33.2 Å². The molecule has 0 aliphatic carbocycles. The van der Waals surface area contributed by atoms with Crippen LogP contribution in [0.2, 0.25) is 9.88 Å². The van der Waals surface area contributed by atoms with Gasteiger partial charge < -0.3 is 11.5 Å². The van der Waals surface area contributed by atoms with E-state index in [-0.39, 0.29) is 21.1 Å².